The predicted molar refractivity (Wildman–Crippen MR) is 81.1 cm³/mol. The quantitative estimate of drug-likeness (QED) is 0.726. The molecule has 2 aromatic carbocycles. The second kappa shape index (κ2) is 5.97. The lowest BCUT2D eigenvalue weighted by atomic mass is 10.3. The van der Waals surface area contributed by atoms with Gasteiger partial charge in [-0.3, -0.25) is 0 Å². The van der Waals surface area contributed by atoms with E-state index in [4.69, 9.17) is 4.74 Å². The zero-order chi connectivity index (χ0) is 14.7. The molecule has 3 rings (SSSR count). The topological polar surface area (TPSA) is 38.3 Å². The van der Waals surface area contributed by atoms with Crippen LogP contribution in [0.2, 0.25) is 0 Å². The van der Waals surface area contributed by atoms with E-state index in [2.05, 4.69) is 16.7 Å². The number of aryl methyl sites for hydroxylation is 1. The van der Waals surface area contributed by atoms with Crippen molar-refractivity contribution in [2.45, 2.75) is 12.6 Å². The van der Waals surface area contributed by atoms with E-state index in [0.717, 1.165) is 16.8 Å². The first-order chi connectivity index (χ1) is 10.2. The van der Waals surface area contributed by atoms with Crippen molar-refractivity contribution in [2.24, 2.45) is 7.05 Å². The molecular weight excluding hydrogens is 264 g/mol. The molecule has 4 nitrogen and oxygen atoms in total. The van der Waals surface area contributed by atoms with Crippen LogP contribution in [0.3, 0.4) is 0 Å². The standard InChI is InChI=1S/C17H19N2O2/c1-18-13-19(17-10-6-5-9-16(17)18)11-14(20)12-21-15-7-3-2-4-8-15/h2-10,13-14,20H,11-12H2,1H3/q+1/t14-/m1/s1. The van der Waals surface area contributed by atoms with E-state index >= 15 is 0 Å². The van der Waals surface area contributed by atoms with Crippen LogP contribution in [0.1, 0.15) is 0 Å². The van der Waals surface area contributed by atoms with Gasteiger partial charge in [-0.15, -0.1) is 0 Å². The minimum Gasteiger partial charge on any atom is -0.491 e. The van der Waals surface area contributed by atoms with Gasteiger partial charge in [0.15, 0.2) is 11.0 Å². The highest BCUT2D eigenvalue weighted by atomic mass is 16.5. The van der Waals surface area contributed by atoms with Crippen LogP contribution in [0.5, 0.6) is 5.75 Å². The van der Waals surface area contributed by atoms with Crippen molar-refractivity contribution >= 4 is 11.0 Å². The lowest BCUT2D eigenvalue weighted by Crippen LogP contribution is -2.27. The Bertz CT molecular complexity index is 722. The summed E-state index contributed by atoms with van der Waals surface area (Å²) in [6, 6.07) is 17.7. The number of aliphatic hydroxyl groups excluding tert-OH is 1. The second-order valence-electron chi connectivity index (χ2n) is 5.15. The zero-order valence-corrected chi connectivity index (χ0v) is 12.0. The van der Waals surface area contributed by atoms with Crippen LogP contribution >= 0.6 is 0 Å². The third kappa shape index (κ3) is 3.06. The van der Waals surface area contributed by atoms with Gasteiger partial charge in [-0.25, -0.2) is 9.13 Å². The Balaban J connectivity index is 1.68. The fourth-order valence-electron chi connectivity index (χ4n) is 2.47. The molecule has 0 unspecified atom stereocenters. The van der Waals surface area contributed by atoms with Crippen LogP contribution < -0.4 is 9.30 Å². The summed E-state index contributed by atoms with van der Waals surface area (Å²) < 4.78 is 9.69. The van der Waals surface area contributed by atoms with Crippen molar-refractivity contribution < 1.29 is 14.4 Å². The van der Waals surface area contributed by atoms with E-state index in [1.165, 1.54) is 0 Å². The maximum atomic E-state index is 10.2. The Morgan fingerprint density at radius 1 is 1.10 bits per heavy atom. The highest BCUT2D eigenvalue weighted by molar-refractivity contribution is 5.71. The molecule has 0 fully saturated rings. The van der Waals surface area contributed by atoms with Gasteiger partial charge in [0.1, 0.15) is 25.0 Å². The smallest absolute Gasteiger partial charge is 0.244 e. The van der Waals surface area contributed by atoms with Gasteiger partial charge in [-0.05, 0) is 24.3 Å². The number of hydrogen-bond donors (Lipinski definition) is 1. The Labute approximate surface area is 123 Å². The van der Waals surface area contributed by atoms with Crippen molar-refractivity contribution in [3.05, 3.63) is 60.9 Å². The van der Waals surface area contributed by atoms with Gasteiger partial charge in [0.2, 0.25) is 6.33 Å². The van der Waals surface area contributed by atoms with E-state index in [1.54, 1.807) is 0 Å². The van der Waals surface area contributed by atoms with Crippen molar-refractivity contribution in [1.29, 1.82) is 0 Å². The molecular formula is C17H19N2O2+. The molecule has 108 valence electrons. The minimum atomic E-state index is -0.555. The number of ether oxygens (including phenoxy) is 1. The first-order valence-electron chi connectivity index (χ1n) is 7.03. The summed E-state index contributed by atoms with van der Waals surface area (Å²) in [4.78, 5) is 0. The fourth-order valence-corrected chi connectivity index (χ4v) is 2.47. The van der Waals surface area contributed by atoms with E-state index in [1.807, 2.05) is 60.4 Å². The number of fused-ring (bicyclic) bond motifs is 1. The average Bonchev–Trinajstić information content (AvgIpc) is 2.83. The summed E-state index contributed by atoms with van der Waals surface area (Å²) >= 11 is 0. The number of benzene rings is 2. The van der Waals surface area contributed by atoms with Gasteiger partial charge in [-0.1, -0.05) is 30.3 Å². The Morgan fingerprint density at radius 3 is 2.62 bits per heavy atom. The van der Waals surface area contributed by atoms with Gasteiger partial charge in [-0.2, -0.15) is 0 Å². The molecule has 0 spiro atoms. The SMILES string of the molecule is C[n+]1cn(C[C@@H](O)COc2ccccc2)c2ccccc21. The van der Waals surface area contributed by atoms with Crippen LogP contribution in [0.25, 0.3) is 11.0 Å². The Hall–Kier alpha value is -2.33. The number of nitrogens with zero attached hydrogens (tertiary/aromatic N) is 2. The largest absolute Gasteiger partial charge is 0.491 e. The lowest BCUT2D eigenvalue weighted by Gasteiger charge is -2.10. The first-order valence-corrected chi connectivity index (χ1v) is 7.03. The highest BCUT2D eigenvalue weighted by Gasteiger charge is 2.16. The van der Waals surface area contributed by atoms with Crippen molar-refractivity contribution in [1.82, 2.24) is 4.57 Å². The molecule has 3 aromatic rings. The molecule has 21 heavy (non-hydrogen) atoms. The van der Waals surface area contributed by atoms with Crippen LogP contribution in [0.4, 0.5) is 0 Å². The summed E-state index contributed by atoms with van der Waals surface area (Å²) in [6.07, 6.45) is 1.44. The third-order valence-corrected chi connectivity index (χ3v) is 3.48. The van der Waals surface area contributed by atoms with Gasteiger partial charge >= 0.3 is 0 Å². The third-order valence-electron chi connectivity index (χ3n) is 3.48. The molecule has 0 aliphatic rings. The average molecular weight is 283 g/mol. The fraction of sp³-hybridized carbons (Fsp3) is 0.235. The summed E-state index contributed by atoms with van der Waals surface area (Å²) in [6.45, 7) is 0.786. The Morgan fingerprint density at radius 2 is 1.81 bits per heavy atom. The number of rotatable bonds is 5. The first kappa shape index (κ1) is 13.6. The van der Waals surface area contributed by atoms with Crippen molar-refractivity contribution in [2.75, 3.05) is 6.61 Å². The maximum Gasteiger partial charge on any atom is 0.244 e. The lowest BCUT2D eigenvalue weighted by molar-refractivity contribution is -0.645. The monoisotopic (exact) mass is 283 g/mol. The van der Waals surface area contributed by atoms with Crippen LogP contribution in [0.15, 0.2) is 60.9 Å². The van der Waals surface area contributed by atoms with E-state index in [9.17, 15) is 5.11 Å². The van der Waals surface area contributed by atoms with E-state index in [0.29, 0.717) is 6.54 Å². The molecule has 1 aromatic heterocycles. The highest BCUT2D eigenvalue weighted by Crippen LogP contribution is 2.12. The number of aromatic nitrogens is 2. The van der Waals surface area contributed by atoms with E-state index in [-0.39, 0.29) is 6.61 Å². The van der Waals surface area contributed by atoms with Gasteiger partial charge < -0.3 is 9.84 Å². The molecule has 0 aliphatic carbocycles. The molecule has 4 heteroatoms. The van der Waals surface area contributed by atoms with Crippen molar-refractivity contribution in [3.63, 3.8) is 0 Å². The van der Waals surface area contributed by atoms with Gasteiger partial charge in [0, 0.05) is 0 Å². The van der Waals surface area contributed by atoms with Gasteiger partial charge in [0.05, 0.1) is 7.05 Å². The molecule has 0 bridgehead atoms. The van der Waals surface area contributed by atoms with Gasteiger partial charge in [0.25, 0.3) is 0 Å². The number of aliphatic hydroxyl groups is 1. The summed E-state index contributed by atoms with van der Waals surface area (Å²) in [7, 11) is 2.01. The van der Waals surface area contributed by atoms with E-state index < -0.39 is 6.10 Å². The molecule has 0 saturated heterocycles. The molecule has 0 saturated carbocycles. The minimum absolute atomic E-state index is 0.278. The predicted octanol–water partition coefficient (Wildman–Crippen LogP) is 1.91. The number of hydrogen-bond acceptors (Lipinski definition) is 2. The van der Waals surface area contributed by atoms with Crippen molar-refractivity contribution in [3.8, 4) is 5.75 Å². The zero-order valence-electron chi connectivity index (χ0n) is 12.0. The molecule has 1 heterocycles. The number of para-hydroxylation sites is 3. The van der Waals surface area contributed by atoms with Crippen LogP contribution in [-0.2, 0) is 13.6 Å². The summed E-state index contributed by atoms with van der Waals surface area (Å²) in [5.41, 5.74) is 2.26. The molecule has 0 aliphatic heterocycles. The second-order valence-corrected chi connectivity index (χ2v) is 5.15. The molecule has 1 atom stereocenters. The normalized spacial score (nSPS) is 12.5. The molecule has 0 amide bonds. The summed E-state index contributed by atoms with van der Waals surface area (Å²) in [5.74, 6) is 0.777. The number of imidazole rings is 1. The molecule has 1 N–H and O–H groups in total. The maximum absolute atomic E-state index is 10.2. The summed E-state index contributed by atoms with van der Waals surface area (Å²) in [5, 5.41) is 10.2. The van der Waals surface area contributed by atoms with Crippen LogP contribution in [-0.4, -0.2) is 22.4 Å². The molecule has 0 radical (unpaired) electrons. The van der Waals surface area contributed by atoms with Crippen LogP contribution in [0, 0.1) is 0 Å². The Kier molecular flexibility index (Phi) is 3.88.